The monoisotopic (exact) mass is 710 g/mol. The Morgan fingerprint density at radius 2 is 1.47 bits per heavy atom. The Bertz CT molecular complexity index is 1350. The summed E-state index contributed by atoms with van der Waals surface area (Å²) in [6.07, 6.45) is 10.3. The van der Waals surface area contributed by atoms with Crippen molar-refractivity contribution < 1.29 is 42.7 Å². The fraction of sp³-hybridized carbons (Fsp3) is 0.881. The molecule has 0 aromatic carbocycles. The van der Waals surface area contributed by atoms with Gasteiger partial charge in [-0.2, -0.15) is 0 Å². The molecule has 1 spiro atoms. The molecule has 0 N–H and O–H groups in total. The van der Waals surface area contributed by atoms with Gasteiger partial charge in [0.25, 0.3) is 0 Å². The predicted molar refractivity (Wildman–Crippen MR) is 189 cm³/mol. The van der Waals surface area contributed by atoms with Crippen LogP contribution in [0.5, 0.6) is 0 Å². The third-order valence-corrected chi connectivity index (χ3v) is 14.7. The zero-order chi connectivity index (χ0) is 35.2. The van der Waals surface area contributed by atoms with Gasteiger partial charge in [-0.1, -0.05) is 47.3 Å². The molecule has 19 atom stereocenters. The van der Waals surface area contributed by atoms with Gasteiger partial charge in [0, 0.05) is 32.1 Å². The summed E-state index contributed by atoms with van der Waals surface area (Å²) < 4.78 is 54.5. The lowest BCUT2D eigenvalue weighted by Gasteiger charge is -2.47. The Morgan fingerprint density at radius 1 is 0.725 bits per heavy atom. The lowest BCUT2D eigenvalue weighted by Crippen LogP contribution is -2.61. The summed E-state index contributed by atoms with van der Waals surface area (Å²) >= 11 is 0. The van der Waals surface area contributed by atoms with E-state index in [4.69, 9.17) is 37.9 Å². The Morgan fingerprint density at radius 3 is 2.31 bits per heavy atom. The molecule has 51 heavy (non-hydrogen) atoms. The second kappa shape index (κ2) is 13.8. The molecule has 0 aromatic rings. The number of ether oxygens (including phenoxy) is 8. The van der Waals surface area contributed by atoms with Crippen LogP contribution in [0.4, 0.5) is 0 Å². The van der Waals surface area contributed by atoms with E-state index >= 15 is 0 Å². The topological polar surface area (TPSA) is 90.9 Å². The zero-order valence-electron chi connectivity index (χ0n) is 31.4. The lowest BCUT2D eigenvalue weighted by atomic mass is 9.78. The number of carbonyl (C=O) groups excluding carboxylic acids is 1. The summed E-state index contributed by atoms with van der Waals surface area (Å²) in [5.74, 6) is 0.887. The van der Waals surface area contributed by atoms with E-state index in [-0.39, 0.29) is 103 Å². The molecule has 0 radical (unpaired) electrons. The normalized spacial score (nSPS) is 53.2. The first kappa shape index (κ1) is 35.5. The fourth-order valence-electron chi connectivity index (χ4n) is 11.5. The highest BCUT2D eigenvalue weighted by Gasteiger charge is 2.68. The highest BCUT2D eigenvalue weighted by Crippen LogP contribution is 2.54. The Labute approximate surface area is 304 Å². The molecule has 10 fully saturated rings. The lowest BCUT2D eigenvalue weighted by molar-refractivity contribution is -0.292. The van der Waals surface area contributed by atoms with Gasteiger partial charge in [0.05, 0.1) is 54.9 Å². The molecule has 0 saturated carbocycles. The Kier molecular flexibility index (Phi) is 9.64. The number of ketones is 1. The molecule has 10 rings (SSSR count). The maximum absolute atomic E-state index is 14.1. The van der Waals surface area contributed by atoms with Crippen LogP contribution in [-0.4, -0.2) is 97.0 Å². The largest absolute Gasteiger partial charge is 0.374 e. The molecule has 9 heteroatoms. The molecule has 10 saturated heterocycles. The molecule has 9 nitrogen and oxygen atoms in total. The van der Waals surface area contributed by atoms with Crippen LogP contribution in [0.25, 0.3) is 0 Å². The van der Waals surface area contributed by atoms with Gasteiger partial charge >= 0.3 is 0 Å². The Balaban J connectivity index is 0.986. The zero-order valence-corrected chi connectivity index (χ0v) is 31.4. The first-order valence-electron chi connectivity index (χ1n) is 20.7. The van der Waals surface area contributed by atoms with Gasteiger partial charge in [0.15, 0.2) is 5.79 Å². The van der Waals surface area contributed by atoms with Crippen LogP contribution < -0.4 is 0 Å². The molecule has 10 aliphatic heterocycles. The van der Waals surface area contributed by atoms with Crippen molar-refractivity contribution in [1.82, 2.24) is 0 Å². The number of fused-ring (bicyclic) bond motifs is 6. The highest BCUT2D eigenvalue weighted by atomic mass is 16.8. The standard InChI is InChI=1S/C42H62O9/c1-7-21(2)14-33-25(6)30-18-26(43)17-28-9-11-32-37(46-28)41-40-39(48-32)38-36(49-40)20-42(50-38,51-41)13-12-29-16-23(4)31(44-29)10-8-27-15-22(3)24(5)34(45-27)19-35(30)47-33/h21-22,25,27-41H,4-5,7-20H2,1-3,6H3/t21-,22-,25-,27?,28?,29?,30-,31+,32+,33-,34-,35?,36-,37+,38+,39+,40-,41+,42+/m1/s1. The third-order valence-electron chi connectivity index (χ3n) is 14.7. The van der Waals surface area contributed by atoms with Crippen molar-refractivity contribution >= 4 is 5.78 Å². The maximum Gasteiger partial charge on any atom is 0.172 e. The quantitative estimate of drug-likeness (QED) is 0.294. The van der Waals surface area contributed by atoms with Crippen LogP contribution in [0.3, 0.4) is 0 Å². The van der Waals surface area contributed by atoms with Crippen LogP contribution in [0.15, 0.2) is 24.3 Å². The molecule has 284 valence electrons. The van der Waals surface area contributed by atoms with E-state index in [9.17, 15) is 4.79 Å². The molecule has 4 unspecified atom stereocenters. The van der Waals surface area contributed by atoms with E-state index < -0.39 is 5.79 Å². The van der Waals surface area contributed by atoms with Gasteiger partial charge in [-0.3, -0.25) is 4.79 Å². The smallest absolute Gasteiger partial charge is 0.172 e. The first-order valence-corrected chi connectivity index (χ1v) is 20.7. The Hall–Kier alpha value is -1.17. The van der Waals surface area contributed by atoms with Gasteiger partial charge in [-0.15, -0.1) is 0 Å². The van der Waals surface area contributed by atoms with Crippen molar-refractivity contribution in [3.8, 4) is 0 Å². The number of Topliss-reactive ketones (excluding diaryl/α,β-unsaturated/α-hetero) is 1. The van der Waals surface area contributed by atoms with Gasteiger partial charge in [-0.05, 0) is 86.2 Å². The van der Waals surface area contributed by atoms with E-state index in [2.05, 4.69) is 40.9 Å². The van der Waals surface area contributed by atoms with Crippen LogP contribution in [0.2, 0.25) is 0 Å². The third kappa shape index (κ3) is 6.55. The van der Waals surface area contributed by atoms with Crippen molar-refractivity contribution in [3.63, 3.8) is 0 Å². The molecule has 10 aliphatic rings. The van der Waals surface area contributed by atoms with E-state index in [1.54, 1.807) is 0 Å². The van der Waals surface area contributed by atoms with Crippen molar-refractivity contribution in [2.45, 2.75) is 209 Å². The first-order chi connectivity index (χ1) is 24.6. The van der Waals surface area contributed by atoms with Gasteiger partial charge < -0.3 is 37.9 Å². The summed E-state index contributed by atoms with van der Waals surface area (Å²) in [7, 11) is 0. The van der Waals surface area contributed by atoms with Crippen molar-refractivity contribution in [2.24, 2.45) is 23.7 Å². The van der Waals surface area contributed by atoms with E-state index in [1.165, 1.54) is 5.57 Å². The van der Waals surface area contributed by atoms with Gasteiger partial charge in [0.1, 0.15) is 36.3 Å². The van der Waals surface area contributed by atoms with Gasteiger partial charge in [0.2, 0.25) is 0 Å². The predicted octanol–water partition coefficient (Wildman–Crippen LogP) is 6.79. The number of rotatable bonds is 3. The van der Waals surface area contributed by atoms with Gasteiger partial charge in [-0.25, -0.2) is 0 Å². The average Bonchev–Trinajstić information content (AvgIpc) is 3.77. The van der Waals surface area contributed by atoms with Crippen molar-refractivity contribution in [3.05, 3.63) is 24.3 Å². The highest BCUT2D eigenvalue weighted by molar-refractivity contribution is 5.79. The summed E-state index contributed by atoms with van der Waals surface area (Å²) in [5, 5.41) is 0. The molecule has 10 heterocycles. The second-order valence-electron chi connectivity index (χ2n) is 18.2. The maximum atomic E-state index is 14.1. The fourth-order valence-corrected chi connectivity index (χ4v) is 11.5. The minimum absolute atomic E-state index is 0.0327. The minimum atomic E-state index is -0.740. The summed E-state index contributed by atoms with van der Waals surface area (Å²) in [4.78, 5) is 14.1. The molecule has 0 aliphatic carbocycles. The van der Waals surface area contributed by atoms with Crippen molar-refractivity contribution in [1.29, 1.82) is 0 Å². The van der Waals surface area contributed by atoms with Crippen LogP contribution in [-0.2, 0) is 42.7 Å². The molecular formula is C42H62O9. The average molecular weight is 711 g/mol. The SMILES string of the molecule is C=C1CC2CC[C@@]34C[C@H]5O[C@H]6[C@@H](O3)[C@H]3OC(CC[C@@H]3O[C@H]6[C@H]5O4)CC(=O)C[C@H]3C(C[C@H]4OC(CC[C@@H]1O2)C[C@@H](C)C4=C)O[C@H](C[C@H](C)CC)[C@@H]3C. The molecule has 12 bridgehead atoms. The number of carbonyl (C=O) groups is 1. The number of hydrogen-bond donors (Lipinski definition) is 0. The summed E-state index contributed by atoms with van der Waals surface area (Å²) in [5.41, 5.74) is 2.35. The number of hydrogen-bond acceptors (Lipinski definition) is 9. The van der Waals surface area contributed by atoms with Crippen LogP contribution in [0, 0.1) is 23.7 Å². The summed E-state index contributed by atoms with van der Waals surface area (Å²) in [6, 6.07) is 0. The van der Waals surface area contributed by atoms with Crippen LogP contribution >= 0.6 is 0 Å². The molecule has 0 aromatic heterocycles. The van der Waals surface area contributed by atoms with E-state index in [0.29, 0.717) is 31.1 Å². The second-order valence-corrected chi connectivity index (χ2v) is 18.2. The molecular weight excluding hydrogens is 648 g/mol. The molecule has 0 amide bonds. The van der Waals surface area contributed by atoms with Crippen LogP contribution in [0.1, 0.15) is 118 Å². The van der Waals surface area contributed by atoms with E-state index in [0.717, 1.165) is 76.2 Å². The van der Waals surface area contributed by atoms with Crippen molar-refractivity contribution in [2.75, 3.05) is 0 Å². The summed E-state index contributed by atoms with van der Waals surface area (Å²) in [6.45, 7) is 18.2. The van der Waals surface area contributed by atoms with E-state index in [1.807, 2.05) is 0 Å². The minimum Gasteiger partial charge on any atom is -0.374 e.